The van der Waals surface area contributed by atoms with Gasteiger partial charge in [-0.1, -0.05) is 0 Å². The number of nitrogens with zero attached hydrogens (tertiary/aromatic N) is 7. The van der Waals surface area contributed by atoms with E-state index in [0.29, 0.717) is 17.2 Å². The standard InChI is InChI=1S/C20H24F2N8O/c1-12(31)25-16-9-15-14(10-24-16)18(29(4)13-6-8-28(3)11-13)27-30(15)17-5-7-23-19(26-17)20(2,21)22/h5,7,9-10,13H,6,8,11H2,1-4H3,(H,24,25,31). The first-order valence-electron chi connectivity index (χ1n) is 9.93. The van der Waals surface area contributed by atoms with Crippen molar-refractivity contribution in [2.24, 2.45) is 0 Å². The van der Waals surface area contributed by atoms with Crippen LogP contribution in [0.25, 0.3) is 16.7 Å². The highest BCUT2D eigenvalue weighted by atomic mass is 19.3. The number of likely N-dealkylation sites (N-methyl/N-ethyl adjacent to an activating group) is 2. The quantitative estimate of drug-likeness (QED) is 0.665. The second kappa shape index (κ2) is 7.80. The van der Waals surface area contributed by atoms with Gasteiger partial charge >= 0.3 is 5.92 Å². The van der Waals surface area contributed by atoms with Crippen LogP contribution in [0, 0.1) is 0 Å². The lowest BCUT2D eigenvalue weighted by Crippen LogP contribution is -2.34. The van der Waals surface area contributed by atoms with Crippen LogP contribution in [0.5, 0.6) is 0 Å². The van der Waals surface area contributed by atoms with Crippen LogP contribution in [-0.2, 0) is 10.7 Å². The maximum absolute atomic E-state index is 13.8. The number of likely N-dealkylation sites (tertiary alicyclic amines) is 1. The molecule has 1 amide bonds. The predicted octanol–water partition coefficient (Wildman–Crippen LogP) is 2.42. The molecule has 3 aromatic heterocycles. The Bertz CT molecular complexity index is 1130. The number of hydrogen-bond donors (Lipinski definition) is 1. The van der Waals surface area contributed by atoms with E-state index < -0.39 is 11.7 Å². The molecule has 0 saturated carbocycles. The zero-order valence-electron chi connectivity index (χ0n) is 17.8. The molecular formula is C20H24F2N8O. The van der Waals surface area contributed by atoms with Crippen molar-refractivity contribution in [1.29, 1.82) is 0 Å². The Morgan fingerprint density at radius 2 is 2.13 bits per heavy atom. The van der Waals surface area contributed by atoms with Crippen molar-refractivity contribution in [3.63, 3.8) is 0 Å². The highest BCUT2D eigenvalue weighted by molar-refractivity contribution is 5.95. The zero-order valence-corrected chi connectivity index (χ0v) is 17.8. The van der Waals surface area contributed by atoms with Gasteiger partial charge < -0.3 is 15.1 Å². The molecule has 11 heteroatoms. The Kier molecular flexibility index (Phi) is 5.29. The molecule has 3 aromatic rings. The molecule has 164 valence electrons. The fourth-order valence-corrected chi connectivity index (χ4v) is 3.76. The van der Waals surface area contributed by atoms with Crippen molar-refractivity contribution in [2.75, 3.05) is 37.4 Å². The maximum atomic E-state index is 13.8. The minimum Gasteiger partial charge on any atom is -0.353 e. The molecule has 4 rings (SSSR count). The van der Waals surface area contributed by atoms with Crippen molar-refractivity contribution >= 4 is 28.4 Å². The normalized spacial score (nSPS) is 17.3. The van der Waals surface area contributed by atoms with Crippen molar-refractivity contribution < 1.29 is 13.6 Å². The number of aromatic nitrogens is 5. The van der Waals surface area contributed by atoms with Gasteiger partial charge in [0.15, 0.2) is 11.6 Å². The topological polar surface area (TPSA) is 92.1 Å². The summed E-state index contributed by atoms with van der Waals surface area (Å²) in [5.74, 6) is -2.82. The Balaban J connectivity index is 1.86. The Labute approximate surface area is 178 Å². The third kappa shape index (κ3) is 4.18. The van der Waals surface area contributed by atoms with Gasteiger partial charge in [0.2, 0.25) is 11.7 Å². The molecule has 1 saturated heterocycles. The van der Waals surface area contributed by atoms with E-state index in [1.807, 2.05) is 7.05 Å². The minimum atomic E-state index is -3.18. The number of carbonyl (C=O) groups excluding carboxylic acids is 1. The first-order chi connectivity index (χ1) is 14.6. The van der Waals surface area contributed by atoms with Crippen LogP contribution in [0.15, 0.2) is 24.5 Å². The van der Waals surface area contributed by atoms with Crippen molar-refractivity contribution in [1.82, 2.24) is 29.6 Å². The van der Waals surface area contributed by atoms with Gasteiger partial charge in [-0.2, -0.15) is 8.78 Å². The van der Waals surface area contributed by atoms with Gasteiger partial charge in [0, 0.05) is 58.0 Å². The van der Waals surface area contributed by atoms with Gasteiger partial charge in [0.05, 0.1) is 10.9 Å². The summed E-state index contributed by atoms with van der Waals surface area (Å²) in [6.07, 6.45) is 3.90. The summed E-state index contributed by atoms with van der Waals surface area (Å²) in [5, 5.41) is 8.09. The molecule has 1 atom stereocenters. The number of nitrogens with one attached hydrogen (secondary N) is 1. The zero-order chi connectivity index (χ0) is 22.3. The number of halogens is 2. The summed E-state index contributed by atoms with van der Waals surface area (Å²) < 4.78 is 29.1. The van der Waals surface area contributed by atoms with E-state index in [0.717, 1.165) is 31.8 Å². The molecule has 1 N–H and O–H groups in total. The highest BCUT2D eigenvalue weighted by Gasteiger charge is 2.30. The van der Waals surface area contributed by atoms with Gasteiger partial charge in [-0.15, -0.1) is 5.10 Å². The molecule has 0 aliphatic carbocycles. The smallest absolute Gasteiger partial charge is 0.303 e. The van der Waals surface area contributed by atoms with Crippen LogP contribution < -0.4 is 10.2 Å². The minimum absolute atomic E-state index is 0.208. The first kappa shape index (κ1) is 21.0. The maximum Gasteiger partial charge on any atom is 0.303 e. The largest absolute Gasteiger partial charge is 0.353 e. The van der Waals surface area contributed by atoms with E-state index in [1.165, 1.54) is 23.9 Å². The van der Waals surface area contributed by atoms with E-state index >= 15 is 0 Å². The monoisotopic (exact) mass is 430 g/mol. The highest BCUT2D eigenvalue weighted by Crippen LogP contribution is 2.31. The Morgan fingerprint density at radius 1 is 1.35 bits per heavy atom. The molecule has 0 aromatic carbocycles. The number of hydrogen-bond acceptors (Lipinski definition) is 7. The van der Waals surface area contributed by atoms with Gasteiger partial charge in [-0.05, 0) is 20.0 Å². The summed E-state index contributed by atoms with van der Waals surface area (Å²) in [4.78, 5) is 27.9. The van der Waals surface area contributed by atoms with Crippen LogP contribution in [0.3, 0.4) is 0 Å². The fraction of sp³-hybridized carbons (Fsp3) is 0.450. The molecule has 1 unspecified atom stereocenters. The Hall–Kier alpha value is -3.21. The average molecular weight is 430 g/mol. The van der Waals surface area contributed by atoms with E-state index in [2.05, 4.69) is 37.1 Å². The number of alkyl halides is 2. The van der Waals surface area contributed by atoms with Crippen LogP contribution in [0.2, 0.25) is 0 Å². The molecule has 1 aliphatic heterocycles. The molecular weight excluding hydrogens is 406 g/mol. The second-order valence-electron chi connectivity index (χ2n) is 7.95. The first-order valence-corrected chi connectivity index (χ1v) is 9.93. The summed E-state index contributed by atoms with van der Waals surface area (Å²) in [6, 6.07) is 3.44. The molecule has 0 spiro atoms. The van der Waals surface area contributed by atoms with Crippen molar-refractivity contribution in [3.8, 4) is 5.82 Å². The van der Waals surface area contributed by atoms with E-state index in [9.17, 15) is 13.6 Å². The van der Waals surface area contributed by atoms with Crippen LogP contribution in [0.4, 0.5) is 20.4 Å². The number of rotatable bonds is 5. The summed E-state index contributed by atoms with van der Waals surface area (Å²) >= 11 is 0. The molecule has 4 heterocycles. The molecule has 9 nitrogen and oxygen atoms in total. The van der Waals surface area contributed by atoms with Crippen molar-refractivity contribution in [3.05, 3.63) is 30.4 Å². The second-order valence-corrected chi connectivity index (χ2v) is 7.95. The molecule has 0 radical (unpaired) electrons. The number of fused-ring (bicyclic) bond motifs is 1. The van der Waals surface area contributed by atoms with Crippen LogP contribution in [0.1, 0.15) is 26.1 Å². The predicted molar refractivity (Wildman–Crippen MR) is 113 cm³/mol. The van der Waals surface area contributed by atoms with Crippen LogP contribution in [-0.4, -0.2) is 68.8 Å². The fourth-order valence-electron chi connectivity index (χ4n) is 3.76. The number of carbonyl (C=O) groups is 1. The SMILES string of the molecule is CC(=O)Nc1cc2c(cn1)c(N(C)C1CCN(C)C1)nn2-c1ccnc(C(C)(F)F)n1. The van der Waals surface area contributed by atoms with Crippen LogP contribution >= 0.6 is 0 Å². The van der Waals surface area contributed by atoms with E-state index in [-0.39, 0.29) is 17.8 Å². The average Bonchev–Trinajstić information content (AvgIpc) is 3.30. The summed E-state index contributed by atoms with van der Waals surface area (Å²) in [5.41, 5.74) is 0.594. The molecule has 1 aliphatic rings. The van der Waals surface area contributed by atoms with Gasteiger partial charge in [-0.25, -0.2) is 19.6 Å². The molecule has 31 heavy (non-hydrogen) atoms. The molecule has 1 fully saturated rings. The van der Waals surface area contributed by atoms with Crippen molar-refractivity contribution in [2.45, 2.75) is 32.2 Å². The summed E-state index contributed by atoms with van der Waals surface area (Å²) in [6.45, 7) is 4.02. The van der Waals surface area contributed by atoms with Gasteiger partial charge in [-0.3, -0.25) is 4.79 Å². The Morgan fingerprint density at radius 3 is 2.77 bits per heavy atom. The third-order valence-corrected chi connectivity index (χ3v) is 5.35. The lowest BCUT2D eigenvalue weighted by Gasteiger charge is -2.24. The van der Waals surface area contributed by atoms with Gasteiger partial charge in [0.25, 0.3) is 0 Å². The molecule has 0 bridgehead atoms. The number of amides is 1. The van der Waals surface area contributed by atoms with E-state index in [1.54, 1.807) is 12.3 Å². The summed E-state index contributed by atoms with van der Waals surface area (Å²) in [7, 11) is 4.03. The lowest BCUT2D eigenvalue weighted by atomic mass is 10.2. The number of anilines is 2. The number of pyridine rings is 1. The lowest BCUT2D eigenvalue weighted by molar-refractivity contribution is -0.114. The third-order valence-electron chi connectivity index (χ3n) is 5.35. The van der Waals surface area contributed by atoms with Gasteiger partial charge in [0.1, 0.15) is 5.82 Å². The van der Waals surface area contributed by atoms with E-state index in [4.69, 9.17) is 5.10 Å².